The van der Waals surface area contributed by atoms with Crippen molar-refractivity contribution >= 4 is 17.4 Å². The topological polar surface area (TPSA) is 37.3 Å². The van der Waals surface area contributed by atoms with Crippen molar-refractivity contribution in [2.45, 2.75) is 103 Å². The molecule has 2 aliphatic rings. The number of phenols is 1. The van der Waals surface area contributed by atoms with Crippen molar-refractivity contribution in [2.75, 3.05) is 0 Å². The number of carbonyl (C=O) groups is 1. The van der Waals surface area contributed by atoms with E-state index in [1.54, 1.807) is 13.0 Å². The number of carbonyl (C=O) groups excluding carboxylic acids is 1. The van der Waals surface area contributed by atoms with Crippen LogP contribution in [0.3, 0.4) is 0 Å². The van der Waals surface area contributed by atoms with Crippen molar-refractivity contribution < 1.29 is 9.90 Å². The molecular weight excluding hydrogens is 452 g/mol. The number of rotatable bonds is 9. The first-order valence-electron chi connectivity index (χ1n) is 14.2. The summed E-state index contributed by atoms with van der Waals surface area (Å²) in [7, 11) is 0. The van der Waals surface area contributed by atoms with E-state index in [1.807, 2.05) is 6.07 Å². The Balaban J connectivity index is 1.31. The lowest BCUT2D eigenvalue weighted by molar-refractivity contribution is 0.0985. The van der Waals surface area contributed by atoms with Crippen LogP contribution in [0, 0.1) is 17.8 Å². The summed E-state index contributed by atoms with van der Waals surface area (Å²) in [5, 5.41) is 10.7. The molecule has 0 unspecified atom stereocenters. The number of hydrogen-bond acceptors (Lipinski definition) is 2. The zero-order valence-corrected chi connectivity index (χ0v) is 22.5. The van der Waals surface area contributed by atoms with Crippen molar-refractivity contribution in [3.63, 3.8) is 0 Å². The van der Waals surface area contributed by atoms with Gasteiger partial charge in [-0.2, -0.15) is 0 Å². The number of halogens is 1. The monoisotopic (exact) mass is 494 g/mol. The molecule has 2 fully saturated rings. The maximum Gasteiger partial charge on any atom is 0.166 e. The van der Waals surface area contributed by atoms with Gasteiger partial charge in [0.05, 0.1) is 10.6 Å². The summed E-state index contributed by atoms with van der Waals surface area (Å²) in [4.78, 5) is 12.0. The molecule has 2 aliphatic carbocycles. The van der Waals surface area contributed by atoms with E-state index in [2.05, 4.69) is 31.2 Å². The van der Waals surface area contributed by atoms with Crippen molar-refractivity contribution in [1.29, 1.82) is 0 Å². The zero-order valence-electron chi connectivity index (χ0n) is 21.7. The summed E-state index contributed by atoms with van der Waals surface area (Å²) in [6, 6.07) is 12.2. The van der Waals surface area contributed by atoms with Gasteiger partial charge in [0.1, 0.15) is 5.75 Å². The van der Waals surface area contributed by atoms with Crippen LogP contribution < -0.4 is 0 Å². The smallest absolute Gasteiger partial charge is 0.166 e. The predicted molar refractivity (Wildman–Crippen MR) is 147 cm³/mol. The first kappa shape index (κ1) is 26.3. The van der Waals surface area contributed by atoms with Crippen LogP contribution in [0.15, 0.2) is 36.4 Å². The number of hydrogen-bond donors (Lipinski definition) is 1. The van der Waals surface area contributed by atoms with Crippen molar-refractivity contribution in [3.8, 4) is 16.9 Å². The van der Waals surface area contributed by atoms with Gasteiger partial charge >= 0.3 is 0 Å². The Kier molecular flexibility index (Phi) is 9.34. The third kappa shape index (κ3) is 6.31. The van der Waals surface area contributed by atoms with E-state index in [4.69, 9.17) is 11.6 Å². The quantitative estimate of drug-likeness (QED) is 0.278. The lowest BCUT2D eigenvalue weighted by Crippen LogP contribution is -2.25. The molecule has 0 spiro atoms. The minimum Gasteiger partial charge on any atom is -0.506 e. The molecule has 2 saturated carbocycles. The highest BCUT2D eigenvalue weighted by atomic mass is 35.5. The fourth-order valence-electron chi connectivity index (χ4n) is 6.69. The summed E-state index contributed by atoms with van der Waals surface area (Å²) in [6.45, 7) is 4.09. The summed E-state index contributed by atoms with van der Waals surface area (Å²) in [5.74, 6) is 3.37. The molecule has 0 radical (unpaired) electrons. The van der Waals surface area contributed by atoms with Crippen LogP contribution in [0.5, 0.6) is 5.75 Å². The maximum atomic E-state index is 12.0. The molecule has 0 amide bonds. The molecule has 0 saturated heterocycles. The fourth-order valence-corrected chi connectivity index (χ4v) is 6.97. The predicted octanol–water partition coefficient (Wildman–Crippen LogP) is 9.97. The molecule has 4 rings (SSSR count). The van der Waals surface area contributed by atoms with E-state index < -0.39 is 0 Å². The Morgan fingerprint density at radius 1 is 0.857 bits per heavy atom. The molecule has 0 atom stereocenters. The Hall–Kier alpha value is -1.80. The van der Waals surface area contributed by atoms with Gasteiger partial charge < -0.3 is 5.11 Å². The van der Waals surface area contributed by atoms with Gasteiger partial charge in [-0.15, -0.1) is 0 Å². The number of phenolic OH excluding ortho intramolecular Hbond substituents is 1. The van der Waals surface area contributed by atoms with Crippen molar-refractivity contribution in [2.24, 2.45) is 17.8 Å². The summed E-state index contributed by atoms with van der Waals surface area (Å²) in [5.41, 5.74) is 3.48. The van der Waals surface area contributed by atoms with Crippen LogP contribution in [0.25, 0.3) is 11.1 Å². The van der Waals surface area contributed by atoms with Crippen LogP contribution in [-0.4, -0.2) is 10.9 Å². The molecule has 0 aliphatic heterocycles. The third-order valence-corrected chi connectivity index (χ3v) is 9.36. The lowest BCUT2D eigenvalue weighted by atomic mass is 9.68. The molecule has 0 aromatic heterocycles. The van der Waals surface area contributed by atoms with Crippen molar-refractivity contribution in [3.05, 3.63) is 52.5 Å². The molecular formula is C32H43ClO2. The largest absolute Gasteiger partial charge is 0.506 e. The minimum atomic E-state index is -0.103. The highest BCUT2D eigenvalue weighted by Crippen LogP contribution is 2.45. The second-order valence-electron chi connectivity index (χ2n) is 11.1. The highest BCUT2D eigenvalue weighted by molar-refractivity contribution is 6.35. The number of aromatic hydroxyl groups is 1. The van der Waals surface area contributed by atoms with Crippen LogP contribution in [0.2, 0.25) is 5.02 Å². The van der Waals surface area contributed by atoms with Gasteiger partial charge in [-0.25, -0.2) is 0 Å². The summed E-state index contributed by atoms with van der Waals surface area (Å²) >= 11 is 6.45. The van der Waals surface area contributed by atoms with Gasteiger partial charge in [0.2, 0.25) is 0 Å². The number of benzene rings is 2. The fraction of sp³-hybridized carbons (Fsp3) is 0.594. The molecule has 2 nitrogen and oxygen atoms in total. The molecule has 35 heavy (non-hydrogen) atoms. The number of unbranched alkanes of at least 4 members (excludes halogenated alkanes) is 2. The van der Waals surface area contributed by atoms with Crippen molar-refractivity contribution in [1.82, 2.24) is 0 Å². The molecule has 2 aromatic carbocycles. The van der Waals surface area contributed by atoms with Crippen LogP contribution in [0.1, 0.15) is 119 Å². The zero-order chi connectivity index (χ0) is 24.8. The second-order valence-corrected chi connectivity index (χ2v) is 11.5. The van der Waals surface area contributed by atoms with E-state index >= 15 is 0 Å². The van der Waals surface area contributed by atoms with E-state index in [9.17, 15) is 9.90 Å². The van der Waals surface area contributed by atoms with E-state index in [-0.39, 0.29) is 16.6 Å². The van der Waals surface area contributed by atoms with Gasteiger partial charge in [-0.3, -0.25) is 4.79 Å². The molecule has 190 valence electrons. The van der Waals surface area contributed by atoms with Crippen LogP contribution in [-0.2, 0) is 0 Å². The Morgan fingerprint density at radius 2 is 1.49 bits per heavy atom. The van der Waals surface area contributed by atoms with Gasteiger partial charge in [0.25, 0.3) is 0 Å². The first-order valence-corrected chi connectivity index (χ1v) is 14.5. The van der Waals surface area contributed by atoms with Crippen LogP contribution in [0.4, 0.5) is 0 Å². The summed E-state index contributed by atoms with van der Waals surface area (Å²) < 4.78 is 0. The average molecular weight is 495 g/mol. The standard InChI is InChI=1S/C32H43ClO2/c1-3-5-6-7-22-8-10-23(11-9-22)24-12-14-25(15-13-24)26-16-18-27(19-17-26)28-20-21-29(30(34)4-2)32(35)31(28)33/h16-25,35H,3-15H2,1-2H3. The van der Waals surface area contributed by atoms with Gasteiger partial charge in [0, 0.05) is 12.0 Å². The minimum absolute atomic E-state index is 0.0954. The third-order valence-electron chi connectivity index (χ3n) is 8.98. The average Bonchev–Trinajstić information content (AvgIpc) is 2.90. The van der Waals surface area contributed by atoms with Crippen LogP contribution >= 0.6 is 11.6 Å². The Labute approximate surface area is 217 Å². The SMILES string of the molecule is CCCCCC1CCC(C2CCC(c3ccc(-c4ccc(C(=O)CC)c(O)c4Cl)cc3)CC2)CC1. The lowest BCUT2D eigenvalue weighted by Gasteiger charge is -2.38. The van der Waals surface area contributed by atoms with E-state index in [0.717, 1.165) is 28.9 Å². The summed E-state index contributed by atoms with van der Waals surface area (Å²) in [6.07, 6.45) is 17.2. The van der Waals surface area contributed by atoms with Gasteiger partial charge in [0.15, 0.2) is 5.78 Å². The Bertz CT molecular complexity index is 964. The van der Waals surface area contributed by atoms with E-state index in [1.165, 1.54) is 82.6 Å². The normalized spacial score (nSPS) is 24.9. The van der Waals surface area contributed by atoms with E-state index in [0.29, 0.717) is 17.9 Å². The maximum absolute atomic E-state index is 12.0. The first-order chi connectivity index (χ1) is 17.0. The van der Waals surface area contributed by atoms with Gasteiger partial charge in [-0.05, 0) is 79.4 Å². The molecule has 2 aromatic rings. The molecule has 0 heterocycles. The number of ketones is 1. The molecule has 0 bridgehead atoms. The highest BCUT2D eigenvalue weighted by Gasteiger charge is 2.31. The molecule has 1 N–H and O–H groups in total. The Morgan fingerprint density at radius 3 is 2.09 bits per heavy atom. The van der Waals surface area contributed by atoms with Gasteiger partial charge in [-0.1, -0.05) is 94.3 Å². The molecule has 3 heteroatoms. The number of Topliss-reactive ketones (excluding diaryl/α,β-unsaturated/α-hetero) is 1. The second kappa shape index (κ2) is 12.4.